The number of hydrogen-bond acceptors (Lipinski definition) is 2. The lowest BCUT2D eigenvalue weighted by Gasteiger charge is -2.20. The first-order valence-electron chi connectivity index (χ1n) is 8.73. The molecule has 1 saturated heterocycles. The van der Waals surface area contributed by atoms with Crippen molar-refractivity contribution in [3.05, 3.63) is 72.8 Å². The van der Waals surface area contributed by atoms with Crippen LogP contribution in [0.15, 0.2) is 72.8 Å². The highest BCUT2D eigenvalue weighted by Crippen LogP contribution is 2.31. The normalized spacial score (nSPS) is 15.1. The van der Waals surface area contributed by atoms with Gasteiger partial charge in [0.1, 0.15) is 0 Å². The molecule has 4 heteroatoms. The second-order valence-electron chi connectivity index (χ2n) is 6.39. The highest BCUT2D eigenvalue weighted by atomic mass is 16.6. The Kier molecular flexibility index (Phi) is 3.58. The number of para-hydroxylation sites is 2. The molecule has 0 atom stereocenters. The van der Waals surface area contributed by atoms with Gasteiger partial charge in [-0.3, -0.25) is 0 Å². The zero-order valence-electron chi connectivity index (χ0n) is 13.9. The number of rotatable bonds is 2. The summed E-state index contributed by atoms with van der Waals surface area (Å²) in [5.74, 6) is 0. The number of hydrogen-bond donors (Lipinski definition) is 0. The molecule has 2 heterocycles. The predicted octanol–water partition coefficient (Wildman–Crippen LogP) is 3.92. The average Bonchev–Trinajstić information content (AvgIpc) is 3.03. The van der Waals surface area contributed by atoms with Crippen molar-refractivity contribution in [3.63, 3.8) is 0 Å². The molecule has 3 aromatic carbocycles. The van der Waals surface area contributed by atoms with Gasteiger partial charge in [-0.1, -0.05) is 48.5 Å². The Bertz CT molecular complexity index is 980. The van der Waals surface area contributed by atoms with Gasteiger partial charge in [0, 0.05) is 29.7 Å². The fourth-order valence-electron chi connectivity index (χ4n) is 3.66. The zero-order chi connectivity index (χ0) is 16.6. The first-order valence-corrected chi connectivity index (χ1v) is 8.73. The van der Waals surface area contributed by atoms with Crippen LogP contribution in [-0.2, 0) is 9.31 Å². The Labute approximate surface area is 146 Å². The number of aromatic nitrogens is 1. The molecule has 0 amide bonds. The van der Waals surface area contributed by atoms with Crippen molar-refractivity contribution < 1.29 is 9.31 Å². The predicted molar refractivity (Wildman–Crippen MR) is 103 cm³/mol. The number of fused-ring (bicyclic) bond motifs is 3. The second-order valence-corrected chi connectivity index (χ2v) is 6.39. The molecule has 0 radical (unpaired) electrons. The summed E-state index contributed by atoms with van der Waals surface area (Å²) >= 11 is 0. The van der Waals surface area contributed by atoms with Crippen LogP contribution in [0.1, 0.15) is 6.42 Å². The molecule has 25 heavy (non-hydrogen) atoms. The summed E-state index contributed by atoms with van der Waals surface area (Å²) in [6.45, 7) is 1.53. The Morgan fingerprint density at radius 2 is 1.24 bits per heavy atom. The van der Waals surface area contributed by atoms with E-state index < -0.39 is 0 Å². The van der Waals surface area contributed by atoms with Gasteiger partial charge < -0.3 is 13.9 Å². The molecule has 1 aliphatic rings. The van der Waals surface area contributed by atoms with Crippen LogP contribution < -0.4 is 5.46 Å². The summed E-state index contributed by atoms with van der Waals surface area (Å²) in [5.41, 5.74) is 4.67. The van der Waals surface area contributed by atoms with E-state index >= 15 is 0 Å². The Morgan fingerprint density at radius 3 is 1.84 bits per heavy atom. The van der Waals surface area contributed by atoms with Crippen LogP contribution in [0, 0.1) is 0 Å². The van der Waals surface area contributed by atoms with E-state index in [9.17, 15) is 0 Å². The van der Waals surface area contributed by atoms with Crippen LogP contribution in [0.2, 0.25) is 0 Å². The van der Waals surface area contributed by atoms with Gasteiger partial charge in [-0.2, -0.15) is 0 Å². The van der Waals surface area contributed by atoms with Crippen molar-refractivity contribution >= 4 is 34.4 Å². The van der Waals surface area contributed by atoms with E-state index in [1.165, 1.54) is 21.8 Å². The van der Waals surface area contributed by atoms with Gasteiger partial charge in [0.2, 0.25) is 0 Å². The monoisotopic (exact) mass is 327 g/mol. The molecule has 122 valence electrons. The number of benzene rings is 3. The van der Waals surface area contributed by atoms with E-state index in [-0.39, 0.29) is 7.12 Å². The van der Waals surface area contributed by atoms with Crippen molar-refractivity contribution in [1.82, 2.24) is 4.57 Å². The largest absolute Gasteiger partial charge is 0.493 e. The topological polar surface area (TPSA) is 23.4 Å². The lowest BCUT2D eigenvalue weighted by molar-refractivity contribution is 0.143. The average molecular weight is 327 g/mol. The minimum absolute atomic E-state index is 0.235. The first kappa shape index (κ1) is 14.8. The van der Waals surface area contributed by atoms with Crippen LogP contribution in [0.5, 0.6) is 0 Å². The second kappa shape index (κ2) is 6.06. The maximum atomic E-state index is 5.71. The molecule has 0 spiro atoms. The third kappa shape index (κ3) is 2.46. The Hall–Kier alpha value is -2.56. The third-order valence-electron chi connectivity index (χ3n) is 4.83. The van der Waals surface area contributed by atoms with Gasteiger partial charge in [-0.25, -0.2) is 0 Å². The molecule has 0 saturated carbocycles. The lowest BCUT2D eigenvalue weighted by atomic mass is 9.78. The molecule has 1 aromatic heterocycles. The SMILES string of the molecule is c1ccc2c(c1)c1ccccc1n2-c1ccc(B2OCCCO2)cc1. The molecule has 0 N–H and O–H groups in total. The Balaban J connectivity index is 1.65. The van der Waals surface area contributed by atoms with Gasteiger partial charge in [0.15, 0.2) is 0 Å². The van der Waals surface area contributed by atoms with Crippen LogP contribution in [0.4, 0.5) is 0 Å². The highest BCUT2D eigenvalue weighted by Gasteiger charge is 2.24. The van der Waals surface area contributed by atoms with E-state index in [1.807, 2.05) is 0 Å². The lowest BCUT2D eigenvalue weighted by Crippen LogP contribution is -2.40. The summed E-state index contributed by atoms with van der Waals surface area (Å²) < 4.78 is 13.7. The van der Waals surface area contributed by atoms with Crippen LogP contribution >= 0.6 is 0 Å². The highest BCUT2D eigenvalue weighted by molar-refractivity contribution is 6.61. The summed E-state index contributed by atoms with van der Waals surface area (Å²) in [5, 5.41) is 2.56. The fraction of sp³-hybridized carbons (Fsp3) is 0.143. The van der Waals surface area contributed by atoms with Gasteiger partial charge in [-0.05, 0) is 36.1 Å². The zero-order valence-corrected chi connectivity index (χ0v) is 13.9. The van der Waals surface area contributed by atoms with E-state index in [4.69, 9.17) is 9.31 Å². The molecule has 3 nitrogen and oxygen atoms in total. The van der Waals surface area contributed by atoms with Crippen molar-refractivity contribution in [2.75, 3.05) is 13.2 Å². The molecule has 1 fully saturated rings. The third-order valence-corrected chi connectivity index (χ3v) is 4.83. The van der Waals surface area contributed by atoms with Gasteiger partial charge in [-0.15, -0.1) is 0 Å². The fourth-order valence-corrected chi connectivity index (χ4v) is 3.66. The maximum absolute atomic E-state index is 5.71. The molecule has 5 rings (SSSR count). The van der Waals surface area contributed by atoms with Crippen LogP contribution in [0.25, 0.3) is 27.5 Å². The van der Waals surface area contributed by atoms with Crippen molar-refractivity contribution in [3.8, 4) is 5.69 Å². The number of nitrogens with zero attached hydrogens (tertiary/aromatic N) is 1. The maximum Gasteiger partial charge on any atom is 0.493 e. The van der Waals surface area contributed by atoms with E-state index in [0.29, 0.717) is 0 Å². The van der Waals surface area contributed by atoms with E-state index in [1.54, 1.807) is 0 Å². The molecule has 0 bridgehead atoms. The Morgan fingerprint density at radius 1 is 0.680 bits per heavy atom. The molecular weight excluding hydrogens is 309 g/mol. The summed E-state index contributed by atoms with van der Waals surface area (Å²) in [6.07, 6.45) is 0.968. The molecular formula is C21H18BNO2. The van der Waals surface area contributed by atoms with Gasteiger partial charge in [0.25, 0.3) is 0 Å². The molecule has 4 aromatic rings. The first-order chi connectivity index (χ1) is 12.4. The summed E-state index contributed by atoms with van der Waals surface area (Å²) in [4.78, 5) is 0. The smallest absolute Gasteiger partial charge is 0.407 e. The minimum Gasteiger partial charge on any atom is -0.407 e. The van der Waals surface area contributed by atoms with E-state index in [2.05, 4.69) is 77.4 Å². The minimum atomic E-state index is -0.235. The molecule has 0 unspecified atom stereocenters. The quantitative estimate of drug-likeness (QED) is 0.521. The van der Waals surface area contributed by atoms with Gasteiger partial charge in [0.05, 0.1) is 11.0 Å². The summed E-state index contributed by atoms with van der Waals surface area (Å²) in [6, 6.07) is 25.6. The van der Waals surface area contributed by atoms with Crippen molar-refractivity contribution in [2.24, 2.45) is 0 Å². The van der Waals surface area contributed by atoms with Crippen molar-refractivity contribution in [2.45, 2.75) is 6.42 Å². The van der Waals surface area contributed by atoms with Gasteiger partial charge >= 0.3 is 7.12 Å². The van der Waals surface area contributed by atoms with Crippen LogP contribution in [0.3, 0.4) is 0 Å². The van der Waals surface area contributed by atoms with E-state index in [0.717, 1.165) is 30.8 Å². The standard InChI is InChI=1S/C21H18BNO2/c1-3-8-20-18(6-1)19-7-2-4-9-21(19)23(20)17-12-10-16(11-13-17)22-24-14-5-15-25-22/h1-4,6-13H,5,14-15H2. The molecule has 1 aliphatic heterocycles. The van der Waals surface area contributed by atoms with Crippen LogP contribution in [-0.4, -0.2) is 24.9 Å². The van der Waals surface area contributed by atoms with Crippen molar-refractivity contribution in [1.29, 1.82) is 0 Å². The molecule has 0 aliphatic carbocycles. The summed E-state index contributed by atoms with van der Waals surface area (Å²) in [7, 11) is -0.235.